The summed E-state index contributed by atoms with van der Waals surface area (Å²) in [6, 6.07) is 24.6. The molecule has 0 radical (unpaired) electrons. The average molecular weight is 446 g/mol. The molecule has 0 aliphatic heterocycles. The molecule has 3 aromatic carbocycles. The Balaban J connectivity index is 1.41. The van der Waals surface area contributed by atoms with Crippen molar-refractivity contribution < 1.29 is 14.3 Å². The molecular formula is C27H31N3O3. The molecule has 0 aliphatic rings. The molecule has 6 heteroatoms. The van der Waals surface area contributed by atoms with Crippen LogP contribution in [-0.4, -0.2) is 25.0 Å². The van der Waals surface area contributed by atoms with E-state index in [2.05, 4.69) is 29.8 Å². The highest BCUT2D eigenvalue weighted by Gasteiger charge is 2.06. The van der Waals surface area contributed by atoms with Crippen molar-refractivity contribution in [3.8, 4) is 5.75 Å². The Kier molecular flexibility index (Phi) is 8.88. The van der Waals surface area contributed by atoms with Crippen molar-refractivity contribution in [2.75, 3.05) is 29.1 Å². The molecule has 3 aromatic rings. The van der Waals surface area contributed by atoms with Crippen molar-refractivity contribution in [3.63, 3.8) is 0 Å². The summed E-state index contributed by atoms with van der Waals surface area (Å²) in [5, 5.41) is 8.84. The molecule has 0 aromatic heterocycles. The van der Waals surface area contributed by atoms with Crippen LogP contribution in [0.3, 0.4) is 0 Å². The van der Waals surface area contributed by atoms with Crippen molar-refractivity contribution in [1.29, 1.82) is 0 Å². The van der Waals surface area contributed by atoms with Crippen LogP contribution in [-0.2, 0) is 16.0 Å². The second kappa shape index (κ2) is 12.3. The molecule has 172 valence electrons. The van der Waals surface area contributed by atoms with Gasteiger partial charge in [0.05, 0.1) is 13.2 Å². The first-order valence-corrected chi connectivity index (χ1v) is 11.2. The van der Waals surface area contributed by atoms with E-state index in [1.54, 1.807) is 24.3 Å². The topological polar surface area (TPSA) is 79.5 Å². The zero-order valence-corrected chi connectivity index (χ0v) is 19.1. The van der Waals surface area contributed by atoms with E-state index in [4.69, 9.17) is 4.74 Å². The molecule has 0 atom stereocenters. The molecule has 3 rings (SSSR count). The standard InChI is InChI=1S/C27H31N3O3/c1-20(2)19-33-25-10-6-9-24(17-25)28-18-27(32)30-23-14-12-22(13-15-23)29-26(31)16-11-21-7-4-3-5-8-21/h3-10,12-15,17,20,28H,11,16,18-19H2,1-2H3,(H,29,31)(H,30,32). The van der Waals surface area contributed by atoms with Gasteiger partial charge in [-0.2, -0.15) is 0 Å². The molecule has 2 amide bonds. The van der Waals surface area contributed by atoms with Gasteiger partial charge >= 0.3 is 0 Å². The lowest BCUT2D eigenvalue weighted by Crippen LogP contribution is -2.21. The zero-order chi connectivity index (χ0) is 23.5. The Labute approximate surface area is 195 Å². The van der Waals surface area contributed by atoms with Crippen LogP contribution in [0.1, 0.15) is 25.8 Å². The van der Waals surface area contributed by atoms with Crippen molar-refractivity contribution in [2.24, 2.45) is 5.92 Å². The smallest absolute Gasteiger partial charge is 0.243 e. The number of ether oxygens (including phenoxy) is 1. The number of aryl methyl sites for hydroxylation is 1. The monoisotopic (exact) mass is 445 g/mol. The largest absolute Gasteiger partial charge is 0.493 e. The Morgan fingerprint density at radius 2 is 1.45 bits per heavy atom. The molecule has 0 heterocycles. The number of nitrogens with one attached hydrogen (secondary N) is 3. The second-order valence-electron chi connectivity index (χ2n) is 8.25. The van der Waals surface area contributed by atoms with Gasteiger partial charge in [0, 0.05) is 29.5 Å². The summed E-state index contributed by atoms with van der Waals surface area (Å²) >= 11 is 0. The number of hydrogen-bond acceptors (Lipinski definition) is 4. The Hall–Kier alpha value is -3.80. The Morgan fingerprint density at radius 1 is 0.788 bits per heavy atom. The quantitative estimate of drug-likeness (QED) is 0.372. The van der Waals surface area contributed by atoms with Crippen LogP contribution in [0, 0.1) is 5.92 Å². The maximum absolute atomic E-state index is 12.3. The average Bonchev–Trinajstić information content (AvgIpc) is 2.82. The molecule has 33 heavy (non-hydrogen) atoms. The summed E-state index contributed by atoms with van der Waals surface area (Å²) in [6.45, 7) is 4.97. The summed E-state index contributed by atoms with van der Waals surface area (Å²) in [4.78, 5) is 24.5. The van der Waals surface area contributed by atoms with Crippen molar-refractivity contribution in [2.45, 2.75) is 26.7 Å². The fraction of sp³-hybridized carbons (Fsp3) is 0.259. The third-order valence-corrected chi connectivity index (χ3v) is 4.81. The van der Waals surface area contributed by atoms with Gasteiger partial charge in [0.1, 0.15) is 5.75 Å². The van der Waals surface area contributed by atoms with Gasteiger partial charge in [0.2, 0.25) is 11.8 Å². The van der Waals surface area contributed by atoms with Crippen LogP contribution < -0.4 is 20.7 Å². The molecule has 0 aliphatic carbocycles. The van der Waals surface area contributed by atoms with E-state index in [1.807, 2.05) is 54.6 Å². The molecule has 0 fully saturated rings. The Bertz CT molecular complexity index is 1030. The van der Waals surface area contributed by atoms with Gasteiger partial charge in [-0.3, -0.25) is 9.59 Å². The van der Waals surface area contributed by atoms with Crippen LogP contribution in [0.4, 0.5) is 17.1 Å². The zero-order valence-electron chi connectivity index (χ0n) is 19.1. The van der Waals surface area contributed by atoms with Gasteiger partial charge in [-0.05, 0) is 54.3 Å². The molecule has 0 saturated heterocycles. The van der Waals surface area contributed by atoms with Gasteiger partial charge < -0.3 is 20.7 Å². The third kappa shape index (κ3) is 8.69. The number of anilines is 3. The number of benzene rings is 3. The van der Waals surface area contributed by atoms with Gasteiger partial charge in [-0.1, -0.05) is 50.2 Å². The summed E-state index contributed by atoms with van der Waals surface area (Å²) in [5.41, 5.74) is 3.31. The molecule has 0 unspecified atom stereocenters. The first-order chi connectivity index (χ1) is 16.0. The van der Waals surface area contributed by atoms with E-state index in [9.17, 15) is 9.59 Å². The molecule has 0 saturated carbocycles. The molecule has 0 spiro atoms. The molecular weight excluding hydrogens is 414 g/mol. The SMILES string of the molecule is CC(C)COc1cccc(NCC(=O)Nc2ccc(NC(=O)CCc3ccccc3)cc2)c1. The van der Waals surface area contributed by atoms with Crippen LogP contribution in [0.2, 0.25) is 0 Å². The molecule has 0 bridgehead atoms. The maximum atomic E-state index is 12.3. The van der Waals surface area contributed by atoms with E-state index in [0.717, 1.165) is 17.0 Å². The van der Waals surface area contributed by atoms with Crippen LogP contribution in [0.15, 0.2) is 78.9 Å². The summed E-state index contributed by atoms with van der Waals surface area (Å²) in [7, 11) is 0. The van der Waals surface area contributed by atoms with Gasteiger partial charge in [0.25, 0.3) is 0 Å². The van der Waals surface area contributed by atoms with E-state index in [1.165, 1.54) is 0 Å². The number of carbonyl (C=O) groups is 2. The highest BCUT2D eigenvalue weighted by Crippen LogP contribution is 2.18. The van der Waals surface area contributed by atoms with E-state index < -0.39 is 0 Å². The predicted octanol–water partition coefficient (Wildman–Crippen LogP) is 5.34. The molecule has 6 nitrogen and oxygen atoms in total. The highest BCUT2D eigenvalue weighted by atomic mass is 16.5. The van der Waals surface area contributed by atoms with E-state index >= 15 is 0 Å². The van der Waals surface area contributed by atoms with E-state index in [0.29, 0.717) is 36.7 Å². The summed E-state index contributed by atoms with van der Waals surface area (Å²) in [6.07, 6.45) is 1.11. The number of amides is 2. The second-order valence-corrected chi connectivity index (χ2v) is 8.25. The van der Waals surface area contributed by atoms with E-state index in [-0.39, 0.29) is 18.4 Å². The van der Waals surface area contributed by atoms with Crippen LogP contribution in [0.5, 0.6) is 5.75 Å². The number of carbonyl (C=O) groups excluding carboxylic acids is 2. The Morgan fingerprint density at radius 3 is 2.12 bits per heavy atom. The summed E-state index contributed by atoms with van der Waals surface area (Å²) in [5.74, 6) is 1.01. The fourth-order valence-electron chi connectivity index (χ4n) is 3.11. The molecule has 3 N–H and O–H groups in total. The number of hydrogen-bond donors (Lipinski definition) is 3. The lowest BCUT2D eigenvalue weighted by atomic mass is 10.1. The minimum atomic E-state index is -0.164. The minimum absolute atomic E-state index is 0.0422. The first kappa shape index (κ1) is 23.9. The van der Waals surface area contributed by atoms with Gasteiger partial charge in [0.15, 0.2) is 0 Å². The normalized spacial score (nSPS) is 10.5. The minimum Gasteiger partial charge on any atom is -0.493 e. The lowest BCUT2D eigenvalue weighted by molar-refractivity contribution is -0.116. The predicted molar refractivity (Wildman–Crippen MR) is 134 cm³/mol. The van der Waals surface area contributed by atoms with Crippen molar-refractivity contribution in [1.82, 2.24) is 0 Å². The van der Waals surface area contributed by atoms with Crippen molar-refractivity contribution in [3.05, 3.63) is 84.4 Å². The maximum Gasteiger partial charge on any atom is 0.243 e. The highest BCUT2D eigenvalue weighted by molar-refractivity contribution is 5.94. The fourth-order valence-corrected chi connectivity index (χ4v) is 3.11. The van der Waals surface area contributed by atoms with Gasteiger partial charge in [-0.25, -0.2) is 0 Å². The van der Waals surface area contributed by atoms with Gasteiger partial charge in [-0.15, -0.1) is 0 Å². The first-order valence-electron chi connectivity index (χ1n) is 11.2. The number of rotatable bonds is 11. The summed E-state index contributed by atoms with van der Waals surface area (Å²) < 4.78 is 5.72. The van der Waals surface area contributed by atoms with Crippen LogP contribution in [0.25, 0.3) is 0 Å². The lowest BCUT2D eigenvalue weighted by Gasteiger charge is -2.12. The van der Waals surface area contributed by atoms with Crippen molar-refractivity contribution >= 4 is 28.9 Å². The van der Waals surface area contributed by atoms with Crippen LogP contribution >= 0.6 is 0 Å². The third-order valence-electron chi connectivity index (χ3n) is 4.81.